The third-order valence-corrected chi connectivity index (χ3v) is 6.58. The monoisotopic (exact) mass is 410 g/mol. The molecule has 1 aromatic heterocycles. The van der Waals surface area contributed by atoms with Crippen LogP contribution in [0.15, 0.2) is 40.4 Å². The van der Waals surface area contributed by atoms with Crippen molar-refractivity contribution in [3.05, 3.63) is 41.9 Å². The lowest BCUT2D eigenvalue weighted by atomic mass is 9.79. The fraction of sp³-hybridized carbons (Fsp3) is 0.474. The molecule has 0 radical (unpaired) electrons. The Balaban J connectivity index is 1.39. The zero-order valence-electron chi connectivity index (χ0n) is 15.3. The Kier molecular flexibility index (Phi) is 5.13. The average molecular weight is 410 g/mol. The van der Waals surface area contributed by atoms with Crippen molar-refractivity contribution in [2.24, 2.45) is 5.92 Å². The minimum atomic E-state index is -4.49. The Morgan fingerprint density at radius 3 is 2.50 bits per heavy atom. The number of carbonyl (C=O) groups excluding carboxylic acids is 1. The van der Waals surface area contributed by atoms with E-state index in [1.54, 1.807) is 24.3 Å². The molecule has 28 heavy (non-hydrogen) atoms. The molecule has 150 valence electrons. The molecule has 1 unspecified atom stereocenters. The highest BCUT2D eigenvalue weighted by molar-refractivity contribution is 7.99. The van der Waals surface area contributed by atoms with Gasteiger partial charge in [0.25, 0.3) is 5.91 Å². The lowest BCUT2D eigenvalue weighted by Crippen LogP contribution is -2.62. The van der Waals surface area contributed by atoms with Crippen molar-refractivity contribution in [1.82, 2.24) is 20.2 Å². The van der Waals surface area contributed by atoms with Crippen LogP contribution in [0.1, 0.15) is 35.9 Å². The van der Waals surface area contributed by atoms with Crippen LogP contribution in [0.3, 0.4) is 0 Å². The first-order valence-corrected chi connectivity index (χ1v) is 10.1. The molecule has 1 aromatic carbocycles. The molecule has 3 aliphatic rings. The predicted octanol–water partition coefficient (Wildman–Crippen LogP) is 3.79. The summed E-state index contributed by atoms with van der Waals surface area (Å²) in [6.07, 6.45) is -1.10. The number of benzene rings is 1. The van der Waals surface area contributed by atoms with Crippen LogP contribution >= 0.6 is 11.8 Å². The molecule has 2 atom stereocenters. The van der Waals surface area contributed by atoms with Gasteiger partial charge in [-0.2, -0.15) is 13.2 Å². The molecule has 3 aliphatic heterocycles. The Labute approximate surface area is 165 Å². The van der Waals surface area contributed by atoms with Crippen molar-refractivity contribution in [1.29, 1.82) is 0 Å². The van der Waals surface area contributed by atoms with Crippen LogP contribution in [-0.2, 0) is 6.18 Å². The molecule has 9 heteroatoms. The van der Waals surface area contributed by atoms with Crippen molar-refractivity contribution in [3.63, 3.8) is 0 Å². The zero-order valence-corrected chi connectivity index (χ0v) is 16.1. The minimum Gasteiger partial charge on any atom is -0.347 e. The van der Waals surface area contributed by atoms with Crippen LogP contribution in [0.4, 0.5) is 13.2 Å². The van der Waals surface area contributed by atoms with E-state index in [4.69, 9.17) is 0 Å². The van der Waals surface area contributed by atoms with Crippen LogP contribution < -0.4 is 5.32 Å². The van der Waals surface area contributed by atoms with Gasteiger partial charge in [-0.3, -0.25) is 9.69 Å². The van der Waals surface area contributed by atoms with Crippen molar-refractivity contribution < 1.29 is 18.0 Å². The largest absolute Gasteiger partial charge is 0.449 e. The van der Waals surface area contributed by atoms with Crippen molar-refractivity contribution >= 4 is 17.7 Å². The lowest BCUT2D eigenvalue weighted by molar-refractivity contribution is -0.144. The summed E-state index contributed by atoms with van der Waals surface area (Å²) in [5, 5.41) is 3.47. The van der Waals surface area contributed by atoms with E-state index in [9.17, 15) is 18.0 Å². The van der Waals surface area contributed by atoms with Gasteiger partial charge in [-0.15, -0.1) is 0 Å². The second-order valence-electron chi connectivity index (χ2n) is 7.33. The number of halogens is 3. The Morgan fingerprint density at radius 2 is 1.93 bits per heavy atom. The Hall–Kier alpha value is -2.00. The van der Waals surface area contributed by atoms with E-state index in [2.05, 4.69) is 27.1 Å². The number of hydrogen-bond donors (Lipinski definition) is 2. The third kappa shape index (κ3) is 3.91. The number of piperidine rings is 3. The number of fused-ring (bicyclic) bond motifs is 3. The number of alkyl halides is 3. The van der Waals surface area contributed by atoms with Crippen LogP contribution in [0.25, 0.3) is 0 Å². The van der Waals surface area contributed by atoms with Gasteiger partial charge in [-0.05, 0) is 63.0 Å². The van der Waals surface area contributed by atoms with E-state index < -0.39 is 12.0 Å². The SMILES string of the molecule is CC1[C@H](NC(=O)c2ccc(Sc3cnc(C(F)(F)F)[nH]3)cc2)C2CCN1CC2. The maximum atomic E-state index is 12.6. The first-order valence-electron chi connectivity index (χ1n) is 9.26. The van der Waals surface area contributed by atoms with Crippen molar-refractivity contribution in [2.75, 3.05) is 13.1 Å². The quantitative estimate of drug-likeness (QED) is 0.805. The van der Waals surface area contributed by atoms with Crippen LogP contribution in [0, 0.1) is 5.92 Å². The molecule has 3 saturated heterocycles. The number of aromatic nitrogens is 2. The number of aromatic amines is 1. The van der Waals surface area contributed by atoms with Gasteiger partial charge in [-0.25, -0.2) is 4.98 Å². The zero-order chi connectivity index (χ0) is 19.9. The Morgan fingerprint density at radius 1 is 1.25 bits per heavy atom. The van der Waals surface area contributed by atoms with Gasteiger partial charge >= 0.3 is 6.18 Å². The second-order valence-corrected chi connectivity index (χ2v) is 8.45. The molecule has 5 nitrogen and oxygen atoms in total. The number of nitrogens with one attached hydrogen (secondary N) is 2. The fourth-order valence-electron chi connectivity index (χ4n) is 4.08. The third-order valence-electron chi connectivity index (χ3n) is 5.64. The molecule has 2 aromatic rings. The standard InChI is InChI=1S/C19H21F3N4OS/c1-11-16(12-6-8-26(11)9-7-12)25-17(27)13-2-4-14(5-3-13)28-15-10-23-18(24-15)19(20,21)22/h2-5,10-12,16H,6-9H2,1H3,(H,23,24)(H,25,27)/t11?,16-/m0/s1. The van der Waals surface area contributed by atoms with E-state index in [-0.39, 0.29) is 11.9 Å². The van der Waals surface area contributed by atoms with E-state index in [0.717, 1.165) is 48.8 Å². The molecular formula is C19H21F3N4OS. The lowest BCUT2D eigenvalue weighted by Gasteiger charge is -2.49. The van der Waals surface area contributed by atoms with Crippen LogP contribution in [0.5, 0.6) is 0 Å². The number of carbonyl (C=O) groups is 1. The van der Waals surface area contributed by atoms with Crippen molar-refractivity contribution in [3.8, 4) is 0 Å². The highest BCUT2D eigenvalue weighted by Gasteiger charge is 2.40. The highest BCUT2D eigenvalue weighted by atomic mass is 32.2. The van der Waals surface area contributed by atoms with Crippen molar-refractivity contribution in [2.45, 2.75) is 47.9 Å². The normalized spacial score (nSPS) is 27.0. The topological polar surface area (TPSA) is 61.0 Å². The van der Waals surface area contributed by atoms with Gasteiger partial charge < -0.3 is 10.3 Å². The summed E-state index contributed by atoms with van der Waals surface area (Å²) in [6.45, 7) is 4.37. The molecule has 0 aliphatic carbocycles. The van der Waals surface area contributed by atoms with E-state index in [0.29, 0.717) is 22.5 Å². The van der Waals surface area contributed by atoms with E-state index >= 15 is 0 Å². The highest BCUT2D eigenvalue weighted by Crippen LogP contribution is 2.33. The smallest absolute Gasteiger partial charge is 0.347 e. The molecule has 1 amide bonds. The molecule has 0 saturated carbocycles. The number of rotatable bonds is 4. The van der Waals surface area contributed by atoms with E-state index in [1.165, 1.54) is 0 Å². The fourth-order valence-corrected chi connectivity index (χ4v) is 4.86. The van der Waals surface area contributed by atoms with Gasteiger partial charge in [0.2, 0.25) is 5.82 Å². The van der Waals surface area contributed by atoms with Crippen LogP contribution in [-0.4, -0.2) is 45.9 Å². The number of imidazole rings is 1. The van der Waals surface area contributed by atoms with Crippen LogP contribution in [0.2, 0.25) is 0 Å². The summed E-state index contributed by atoms with van der Waals surface area (Å²) in [5.41, 5.74) is 0.550. The van der Waals surface area contributed by atoms with Gasteiger partial charge in [0.05, 0.1) is 11.2 Å². The molecule has 2 N–H and O–H groups in total. The molecule has 4 heterocycles. The Bertz CT molecular complexity index is 842. The number of amides is 1. The maximum Gasteiger partial charge on any atom is 0.449 e. The van der Waals surface area contributed by atoms with E-state index in [1.807, 2.05) is 0 Å². The summed E-state index contributed by atoms with van der Waals surface area (Å²) in [4.78, 5) is 21.4. The first kappa shape index (κ1) is 19.3. The number of nitrogens with zero attached hydrogens (tertiary/aromatic N) is 2. The van der Waals surface area contributed by atoms with Gasteiger partial charge in [0, 0.05) is 22.5 Å². The molecular weight excluding hydrogens is 389 g/mol. The first-order chi connectivity index (χ1) is 13.3. The summed E-state index contributed by atoms with van der Waals surface area (Å²) in [5.74, 6) is -0.595. The summed E-state index contributed by atoms with van der Waals surface area (Å²) in [7, 11) is 0. The molecule has 3 fully saturated rings. The summed E-state index contributed by atoms with van der Waals surface area (Å²) in [6, 6.07) is 7.36. The van der Waals surface area contributed by atoms with Gasteiger partial charge in [0.1, 0.15) is 0 Å². The predicted molar refractivity (Wildman–Crippen MR) is 99.2 cm³/mol. The molecule has 0 spiro atoms. The molecule has 5 rings (SSSR count). The van der Waals surface area contributed by atoms with Gasteiger partial charge in [-0.1, -0.05) is 11.8 Å². The number of hydrogen-bond acceptors (Lipinski definition) is 4. The maximum absolute atomic E-state index is 12.6. The average Bonchev–Trinajstić information content (AvgIpc) is 3.14. The number of H-pyrrole nitrogens is 1. The second kappa shape index (κ2) is 7.44. The van der Waals surface area contributed by atoms with Gasteiger partial charge in [0.15, 0.2) is 0 Å². The summed E-state index contributed by atoms with van der Waals surface area (Å²) >= 11 is 1.13. The molecule has 2 bridgehead atoms. The summed E-state index contributed by atoms with van der Waals surface area (Å²) < 4.78 is 37.8. The minimum absolute atomic E-state index is 0.108.